The minimum atomic E-state index is -0.454. The zero-order chi connectivity index (χ0) is 13.7. The molecule has 2 heterocycles. The Morgan fingerprint density at radius 1 is 1.15 bits per heavy atom. The summed E-state index contributed by atoms with van der Waals surface area (Å²) >= 11 is 0. The Kier molecular flexibility index (Phi) is 2.22. The predicted molar refractivity (Wildman–Crippen MR) is 72.5 cm³/mol. The molecular formula is C16H10O4. The van der Waals surface area contributed by atoms with Crippen LogP contribution >= 0.6 is 0 Å². The third-order valence-electron chi connectivity index (χ3n) is 3.58. The maximum absolute atomic E-state index is 12.1. The van der Waals surface area contributed by atoms with Crippen LogP contribution in [-0.2, 0) is 6.61 Å². The van der Waals surface area contributed by atoms with Crippen LogP contribution in [0, 0.1) is 0 Å². The third-order valence-corrected chi connectivity index (χ3v) is 3.58. The standard InChI is InChI=1S/C16H10O4/c17-8-13-12-7-9-6-10(20-16(12)18)3-4-11(9)15(13)14-2-1-5-19-14/h1-7,17H,8H2. The largest absolute Gasteiger partial charge is 0.464 e. The topological polar surface area (TPSA) is 59.7 Å². The second kappa shape index (κ2) is 3.95. The molecule has 0 unspecified atom stereocenters. The van der Waals surface area contributed by atoms with Crippen molar-refractivity contribution in [2.45, 2.75) is 6.61 Å². The van der Waals surface area contributed by atoms with Gasteiger partial charge in [0.1, 0.15) is 11.5 Å². The molecule has 0 radical (unpaired) electrons. The van der Waals surface area contributed by atoms with Crippen LogP contribution in [0.25, 0.3) is 22.1 Å². The van der Waals surface area contributed by atoms with E-state index in [4.69, 9.17) is 9.15 Å². The highest BCUT2D eigenvalue weighted by Gasteiger charge is 2.24. The number of fused-ring (bicyclic) bond motifs is 2. The van der Waals surface area contributed by atoms with Gasteiger partial charge in [-0.15, -0.1) is 0 Å². The number of carbonyl (C=O) groups excluding carboxylic acids is 1. The molecule has 20 heavy (non-hydrogen) atoms. The van der Waals surface area contributed by atoms with E-state index in [1.165, 1.54) is 0 Å². The Bertz CT molecular complexity index is 831. The van der Waals surface area contributed by atoms with E-state index in [0.29, 0.717) is 22.6 Å². The molecule has 0 spiro atoms. The number of hydrogen-bond donors (Lipinski definition) is 1. The molecule has 2 aromatic carbocycles. The Balaban J connectivity index is 2.21. The lowest BCUT2D eigenvalue weighted by Crippen LogP contribution is -2.10. The number of ether oxygens (including phenoxy) is 1. The van der Waals surface area contributed by atoms with Gasteiger partial charge in [-0.05, 0) is 47.2 Å². The van der Waals surface area contributed by atoms with E-state index < -0.39 is 5.97 Å². The maximum Gasteiger partial charge on any atom is 0.343 e. The maximum atomic E-state index is 12.1. The van der Waals surface area contributed by atoms with Gasteiger partial charge in [-0.2, -0.15) is 0 Å². The second-order valence-electron chi connectivity index (χ2n) is 4.69. The molecule has 0 amide bonds. The van der Waals surface area contributed by atoms with Crippen LogP contribution in [0.2, 0.25) is 0 Å². The molecule has 98 valence electrons. The van der Waals surface area contributed by atoms with Crippen molar-refractivity contribution in [3.05, 3.63) is 53.8 Å². The Labute approximate surface area is 114 Å². The number of carbonyl (C=O) groups is 1. The molecule has 0 fully saturated rings. The van der Waals surface area contributed by atoms with Crippen molar-refractivity contribution in [2.75, 3.05) is 0 Å². The molecule has 0 saturated heterocycles. The number of hydrogen-bond acceptors (Lipinski definition) is 4. The summed E-state index contributed by atoms with van der Waals surface area (Å²) in [4.78, 5) is 12.1. The highest BCUT2D eigenvalue weighted by Crippen LogP contribution is 2.38. The predicted octanol–water partition coefficient (Wildman–Crippen LogP) is 3.12. The first kappa shape index (κ1) is 11.3. The Morgan fingerprint density at radius 3 is 2.80 bits per heavy atom. The van der Waals surface area contributed by atoms with Crippen LogP contribution in [0.1, 0.15) is 15.9 Å². The van der Waals surface area contributed by atoms with Crippen molar-refractivity contribution in [3.8, 4) is 17.1 Å². The number of rotatable bonds is 2. The lowest BCUT2D eigenvalue weighted by atomic mass is 9.93. The van der Waals surface area contributed by atoms with Crippen molar-refractivity contribution < 1.29 is 19.1 Å². The summed E-state index contributed by atoms with van der Waals surface area (Å²) in [6, 6.07) is 10.8. The number of esters is 1. The van der Waals surface area contributed by atoms with Gasteiger partial charge in [0.05, 0.1) is 18.4 Å². The fourth-order valence-electron chi connectivity index (χ4n) is 2.70. The summed E-state index contributed by atoms with van der Waals surface area (Å²) in [6.45, 7) is -0.253. The molecule has 4 nitrogen and oxygen atoms in total. The van der Waals surface area contributed by atoms with Crippen LogP contribution < -0.4 is 4.74 Å². The van der Waals surface area contributed by atoms with Gasteiger partial charge in [0.25, 0.3) is 0 Å². The molecule has 1 aliphatic rings. The van der Waals surface area contributed by atoms with Crippen LogP contribution in [-0.4, -0.2) is 11.1 Å². The monoisotopic (exact) mass is 266 g/mol. The normalized spacial score (nSPS) is 12.9. The summed E-state index contributed by atoms with van der Waals surface area (Å²) in [7, 11) is 0. The van der Waals surface area contributed by atoms with Gasteiger partial charge in [0, 0.05) is 11.1 Å². The fourth-order valence-corrected chi connectivity index (χ4v) is 2.70. The number of benzene rings is 2. The Hall–Kier alpha value is -2.59. The average Bonchev–Trinajstić information content (AvgIpc) is 2.96. The zero-order valence-corrected chi connectivity index (χ0v) is 10.4. The van der Waals surface area contributed by atoms with Gasteiger partial charge in [0.15, 0.2) is 0 Å². The number of aliphatic hydroxyl groups excluding tert-OH is 1. The van der Waals surface area contributed by atoms with Gasteiger partial charge in [-0.1, -0.05) is 0 Å². The molecule has 0 saturated carbocycles. The van der Waals surface area contributed by atoms with E-state index in [2.05, 4.69) is 0 Å². The highest BCUT2D eigenvalue weighted by atomic mass is 16.5. The summed E-state index contributed by atoms with van der Waals surface area (Å²) < 4.78 is 10.7. The van der Waals surface area contributed by atoms with E-state index in [-0.39, 0.29) is 6.61 Å². The summed E-state index contributed by atoms with van der Waals surface area (Å²) in [5.74, 6) is 0.686. The first-order chi connectivity index (χ1) is 9.78. The lowest BCUT2D eigenvalue weighted by Gasteiger charge is -2.11. The van der Waals surface area contributed by atoms with E-state index >= 15 is 0 Å². The summed E-state index contributed by atoms with van der Waals surface area (Å²) in [5.41, 5.74) is 1.66. The van der Waals surface area contributed by atoms with Crippen molar-refractivity contribution in [1.82, 2.24) is 0 Å². The van der Waals surface area contributed by atoms with Gasteiger partial charge >= 0.3 is 5.97 Å². The van der Waals surface area contributed by atoms with E-state index in [0.717, 1.165) is 16.3 Å². The molecule has 4 heteroatoms. The highest BCUT2D eigenvalue weighted by molar-refractivity contribution is 6.07. The third kappa shape index (κ3) is 1.42. The van der Waals surface area contributed by atoms with E-state index in [1.807, 2.05) is 18.2 Å². The quantitative estimate of drug-likeness (QED) is 0.572. The van der Waals surface area contributed by atoms with Gasteiger partial charge in [-0.3, -0.25) is 0 Å². The molecule has 3 bridgehead atoms. The summed E-state index contributed by atoms with van der Waals surface area (Å²) in [6.07, 6.45) is 1.57. The van der Waals surface area contributed by atoms with Gasteiger partial charge in [-0.25, -0.2) is 4.79 Å². The molecule has 1 aromatic heterocycles. The second-order valence-corrected chi connectivity index (χ2v) is 4.69. The van der Waals surface area contributed by atoms with Crippen LogP contribution in [0.3, 0.4) is 0 Å². The Morgan fingerprint density at radius 2 is 2.05 bits per heavy atom. The van der Waals surface area contributed by atoms with Crippen molar-refractivity contribution in [2.24, 2.45) is 0 Å². The number of aliphatic hydroxyl groups is 1. The number of furan rings is 1. The molecule has 4 rings (SSSR count). The first-order valence-corrected chi connectivity index (χ1v) is 6.24. The summed E-state index contributed by atoms with van der Waals surface area (Å²) in [5, 5.41) is 11.5. The van der Waals surface area contributed by atoms with Gasteiger partial charge < -0.3 is 14.3 Å². The SMILES string of the molecule is O=C1Oc2ccc3c(-c4ccco4)c(CO)c1cc3c2. The average molecular weight is 266 g/mol. The molecule has 3 aromatic rings. The molecule has 0 atom stereocenters. The molecule has 1 aliphatic heterocycles. The van der Waals surface area contributed by atoms with Crippen molar-refractivity contribution >= 4 is 16.7 Å². The zero-order valence-electron chi connectivity index (χ0n) is 10.4. The van der Waals surface area contributed by atoms with Crippen LogP contribution in [0.5, 0.6) is 5.75 Å². The molecular weight excluding hydrogens is 256 g/mol. The fraction of sp³-hybridized carbons (Fsp3) is 0.0625. The van der Waals surface area contributed by atoms with Gasteiger partial charge in [0.2, 0.25) is 0 Å². The van der Waals surface area contributed by atoms with Crippen molar-refractivity contribution in [1.29, 1.82) is 0 Å². The smallest absolute Gasteiger partial charge is 0.343 e. The first-order valence-electron chi connectivity index (χ1n) is 6.24. The van der Waals surface area contributed by atoms with Crippen LogP contribution in [0.15, 0.2) is 47.1 Å². The minimum Gasteiger partial charge on any atom is -0.464 e. The van der Waals surface area contributed by atoms with E-state index in [1.54, 1.807) is 24.5 Å². The molecule has 0 aliphatic carbocycles. The lowest BCUT2D eigenvalue weighted by molar-refractivity contribution is 0.0733. The molecule has 1 N–H and O–H groups in total. The van der Waals surface area contributed by atoms with Crippen molar-refractivity contribution in [3.63, 3.8) is 0 Å². The minimum absolute atomic E-state index is 0.253. The van der Waals surface area contributed by atoms with Crippen LogP contribution in [0.4, 0.5) is 0 Å². The van der Waals surface area contributed by atoms with E-state index in [9.17, 15) is 9.90 Å².